The van der Waals surface area contributed by atoms with Crippen molar-refractivity contribution >= 4 is 5.97 Å². The van der Waals surface area contributed by atoms with E-state index in [0.29, 0.717) is 0 Å². The van der Waals surface area contributed by atoms with Crippen molar-refractivity contribution in [1.82, 2.24) is 15.2 Å². The lowest BCUT2D eigenvalue weighted by Gasteiger charge is -2.48. The maximum atomic E-state index is 10.9. The van der Waals surface area contributed by atoms with Crippen LogP contribution in [0.3, 0.4) is 0 Å². The average Bonchev–Trinajstić information content (AvgIpc) is 2.24. The molecule has 0 radical (unpaired) electrons. The minimum atomic E-state index is -0.743. The highest BCUT2D eigenvalue weighted by atomic mass is 16.4. The zero-order valence-corrected chi connectivity index (χ0v) is 9.89. The Labute approximate surface area is 100 Å². The van der Waals surface area contributed by atoms with Gasteiger partial charge < -0.3 is 10.4 Å². The maximum absolute atomic E-state index is 10.9. The summed E-state index contributed by atoms with van der Waals surface area (Å²) in [6.07, 6.45) is 3.69. The number of carbonyl (C=O) groups is 1. The van der Waals surface area contributed by atoms with E-state index in [1.54, 1.807) is 12.4 Å². The summed E-state index contributed by atoms with van der Waals surface area (Å²) in [5.74, 6) is -0.743. The first-order valence-electron chi connectivity index (χ1n) is 5.65. The van der Waals surface area contributed by atoms with Crippen LogP contribution in [0, 0.1) is 0 Å². The molecule has 92 valence electrons. The zero-order chi connectivity index (χ0) is 12.3. The van der Waals surface area contributed by atoms with Crippen molar-refractivity contribution in [3.63, 3.8) is 0 Å². The summed E-state index contributed by atoms with van der Waals surface area (Å²) in [6, 6.07) is 3.91. The second-order valence-corrected chi connectivity index (χ2v) is 4.61. The topological polar surface area (TPSA) is 65.5 Å². The van der Waals surface area contributed by atoms with Crippen LogP contribution in [0.2, 0.25) is 0 Å². The van der Waals surface area contributed by atoms with Gasteiger partial charge in [0, 0.05) is 32.0 Å². The SMILES string of the molecule is CN(Cc1ccncc1)C1(CC(=O)O)CNC1. The lowest BCUT2D eigenvalue weighted by molar-refractivity contribution is -0.141. The molecular formula is C12H17N3O2. The molecule has 0 aromatic carbocycles. The normalized spacial score (nSPS) is 17.8. The summed E-state index contributed by atoms with van der Waals surface area (Å²) < 4.78 is 0. The van der Waals surface area contributed by atoms with Gasteiger partial charge in [0.1, 0.15) is 0 Å². The van der Waals surface area contributed by atoms with Gasteiger partial charge in [-0.1, -0.05) is 0 Å². The fourth-order valence-corrected chi connectivity index (χ4v) is 2.15. The first-order chi connectivity index (χ1) is 8.12. The van der Waals surface area contributed by atoms with E-state index in [4.69, 9.17) is 5.11 Å². The van der Waals surface area contributed by atoms with E-state index >= 15 is 0 Å². The highest BCUT2D eigenvalue weighted by molar-refractivity contribution is 5.68. The summed E-state index contributed by atoms with van der Waals surface area (Å²) >= 11 is 0. The fourth-order valence-electron chi connectivity index (χ4n) is 2.15. The van der Waals surface area contributed by atoms with E-state index < -0.39 is 5.97 Å². The van der Waals surface area contributed by atoms with Gasteiger partial charge in [0.2, 0.25) is 0 Å². The number of pyridine rings is 1. The lowest BCUT2D eigenvalue weighted by atomic mass is 9.86. The van der Waals surface area contributed by atoms with Crippen LogP contribution in [-0.4, -0.2) is 46.6 Å². The number of aromatic nitrogens is 1. The number of rotatable bonds is 5. The summed E-state index contributed by atoms with van der Waals surface area (Å²) in [5.41, 5.74) is 0.911. The first kappa shape index (κ1) is 12.0. The Morgan fingerprint density at radius 2 is 2.18 bits per heavy atom. The van der Waals surface area contributed by atoms with Gasteiger partial charge in [0.05, 0.1) is 12.0 Å². The van der Waals surface area contributed by atoms with Gasteiger partial charge >= 0.3 is 5.97 Å². The van der Waals surface area contributed by atoms with Crippen LogP contribution in [0.4, 0.5) is 0 Å². The van der Waals surface area contributed by atoms with E-state index in [0.717, 1.165) is 25.2 Å². The maximum Gasteiger partial charge on any atom is 0.305 e. The quantitative estimate of drug-likeness (QED) is 0.770. The molecule has 1 aromatic heterocycles. The first-order valence-corrected chi connectivity index (χ1v) is 5.65. The number of nitrogens with zero attached hydrogens (tertiary/aromatic N) is 2. The predicted octanol–water partition coefficient (Wildman–Crippen LogP) is 0.330. The van der Waals surface area contributed by atoms with Crippen molar-refractivity contribution in [1.29, 1.82) is 0 Å². The molecule has 0 atom stereocenters. The van der Waals surface area contributed by atoms with Gasteiger partial charge in [0.25, 0.3) is 0 Å². The molecule has 1 aromatic rings. The third-order valence-electron chi connectivity index (χ3n) is 3.37. The number of carboxylic acid groups (broad SMARTS) is 1. The summed E-state index contributed by atoms with van der Waals surface area (Å²) in [7, 11) is 1.98. The average molecular weight is 235 g/mol. The van der Waals surface area contributed by atoms with E-state index in [1.807, 2.05) is 19.2 Å². The second kappa shape index (κ2) is 4.81. The van der Waals surface area contributed by atoms with Crippen LogP contribution in [0.25, 0.3) is 0 Å². The van der Waals surface area contributed by atoms with Crippen LogP contribution in [0.15, 0.2) is 24.5 Å². The summed E-state index contributed by atoms with van der Waals surface area (Å²) in [4.78, 5) is 17.0. The molecule has 2 N–H and O–H groups in total. The van der Waals surface area contributed by atoms with Gasteiger partial charge in [-0.25, -0.2) is 0 Å². The van der Waals surface area contributed by atoms with Gasteiger partial charge in [-0.15, -0.1) is 0 Å². The Bertz CT molecular complexity index is 390. The van der Waals surface area contributed by atoms with Crippen LogP contribution < -0.4 is 5.32 Å². The summed E-state index contributed by atoms with van der Waals surface area (Å²) in [5, 5.41) is 12.1. The van der Waals surface area contributed by atoms with Crippen molar-refractivity contribution in [3.05, 3.63) is 30.1 Å². The Hall–Kier alpha value is -1.46. The third-order valence-corrected chi connectivity index (χ3v) is 3.37. The Morgan fingerprint density at radius 1 is 1.53 bits per heavy atom. The molecule has 1 aliphatic heterocycles. The molecule has 0 aliphatic carbocycles. The Kier molecular flexibility index (Phi) is 3.40. The molecule has 0 saturated carbocycles. The van der Waals surface area contributed by atoms with Crippen molar-refractivity contribution in [2.45, 2.75) is 18.5 Å². The fraction of sp³-hybridized carbons (Fsp3) is 0.500. The number of hydrogen-bond donors (Lipinski definition) is 2. The van der Waals surface area contributed by atoms with Gasteiger partial charge in [-0.05, 0) is 24.7 Å². The molecule has 5 nitrogen and oxygen atoms in total. The van der Waals surface area contributed by atoms with Crippen LogP contribution in [-0.2, 0) is 11.3 Å². The third kappa shape index (κ3) is 2.62. The molecule has 2 heterocycles. The molecule has 0 unspecified atom stereocenters. The highest BCUT2D eigenvalue weighted by Crippen LogP contribution is 2.25. The van der Waals surface area contributed by atoms with Crippen molar-refractivity contribution in [2.24, 2.45) is 0 Å². The number of likely N-dealkylation sites (N-methyl/N-ethyl adjacent to an activating group) is 1. The molecule has 1 aliphatic rings. The van der Waals surface area contributed by atoms with Crippen LogP contribution in [0.5, 0.6) is 0 Å². The lowest BCUT2D eigenvalue weighted by Crippen LogP contribution is -2.68. The van der Waals surface area contributed by atoms with Crippen LogP contribution >= 0.6 is 0 Å². The van der Waals surface area contributed by atoms with Crippen molar-refractivity contribution in [3.8, 4) is 0 Å². The van der Waals surface area contributed by atoms with E-state index in [1.165, 1.54) is 0 Å². The highest BCUT2D eigenvalue weighted by Gasteiger charge is 2.42. The van der Waals surface area contributed by atoms with Crippen LogP contribution in [0.1, 0.15) is 12.0 Å². The second-order valence-electron chi connectivity index (χ2n) is 4.61. The molecule has 0 spiro atoms. The molecular weight excluding hydrogens is 218 g/mol. The molecule has 1 saturated heterocycles. The van der Waals surface area contributed by atoms with Gasteiger partial charge in [-0.2, -0.15) is 0 Å². The number of hydrogen-bond acceptors (Lipinski definition) is 4. The number of aliphatic carboxylic acids is 1. The molecule has 1 fully saturated rings. The smallest absolute Gasteiger partial charge is 0.305 e. The molecule has 0 amide bonds. The molecule has 5 heteroatoms. The minimum Gasteiger partial charge on any atom is -0.481 e. The van der Waals surface area contributed by atoms with E-state index in [-0.39, 0.29) is 12.0 Å². The summed E-state index contributed by atoms with van der Waals surface area (Å²) in [6.45, 7) is 2.22. The van der Waals surface area contributed by atoms with Gasteiger partial charge in [-0.3, -0.25) is 14.7 Å². The predicted molar refractivity (Wildman–Crippen MR) is 63.6 cm³/mol. The van der Waals surface area contributed by atoms with E-state index in [2.05, 4.69) is 15.2 Å². The molecule has 0 bridgehead atoms. The Balaban J connectivity index is 2.03. The largest absolute Gasteiger partial charge is 0.481 e. The Morgan fingerprint density at radius 3 is 2.65 bits per heavy atom. The zero-order valence-electron chi connectivity index (χ0n) is 9.89. The van der Waals surface area contributed by atoms with Gasteiger partial charge in [0.15, 0.2) is 0 Å². The molecule has 17 heavy (non-hydrogen) atoms. The van der Waals surface area contributed by atoms with Crippen molar-refractivity contribution < 1.29 is 9.90 Å². The number of nitrogens with one attached hydrogen (secondary N) is 1. The standard InChI is InChI=1S/C12H17N3O2/c1-15(7-10-2-4-13-5-3-10)12(6-11(16)17)8-14-9-12/h2-5,14H,6-9H2,1H3,(H,16,17). The monoisotopic (exact) mass is 235 g/mol. The van der Waals surface area contributed by atoms with E-state index in [9.17, 15) is 4.79 Å². The van der Waals surface area contributed by atoms with Crippen molar-refractivity contribution in [2.75, 3.05) is 20.1 Å². The minimum absolute atomic E-state index is 0.182. The number of carboxylic acids is 1. The molecule has 2 rings (SSSR count).